The fourth-order valence-electron chi connectivity index (χ4n) is 5.98. The molecule has 0 spiro atoms. The molecule has 1 aromatic carbocycles. The molecular weight excluding hydrogens is 426 g/mol. The predicted molar refractivity (Wildman–Crippen MR) is 138 cm³/mol. The second kappa shape index (κ2) is 14.1. The van der Waals surface area contributed by atoms with Crippen LogP contribution in [-0.2, 0) is 10.3 Å². The lowest BCUT2D eigenvalue weighted by molar-refractivity contribution is -0.0592. The van der Waals surface area contributed by atoms with E-state index in [1.807, 2.05) is 49.2 Å². The molecule has 192 valence electrons. The molecule has 6 nitrogen and oxygen atoms in total. The van der Waals surface area contributed by atoms with Gasteiger partial charge < -0.3 is 25.4 Å². The van der Waals surface area contributed by atoms with Crippen LogP contribution in [0.2, 0.25) is 0 Å². The number of likely N-dealkylation sites (N-methyl/N-ethyl adjacent to an activating group) is 1. The van der Waals surface area contributed by atoms with Crippen LogP contribution in [0.25, 0.3) is 0 Å². The fraction of sp³-hybridized carbons (Fsp3) is 0.750. The van der Waals surface area contributed by atoms with Crippen LogP contribution in [0.1, 0.15) is 76.7 Å². The average molecular weight is 474 g/mol. The van der Waals surface area contributed by atoms with Gasteiger partial charge in [-0.05, 0) is 57.6 Å². The van der Waals surface area contributed by atoms with Gasteiger partial charge >= 0.3 is 6.03 Å². The highest BCUT2D eigenvalue weighted by atomic mass is 16.5. The van der Waals surface area contributed by atoms with Crippen LogP contribution in [0.4, 0.5) is 4.79 Å². The maximum absolute atomic E-state index is 13.3. The smallest absolute Gasteiger partial charge is 0.317 e. The molecule has 2 aliphatic rings. The van der Waals surface area contributed by atoms with E-state index in [9.17, 15) is 9.90 Å². The molecule has 3 atom stereocenters. The van der Waals surface area contributed by atoms with Crippen LogP contribution in [0.3, 0.4) is 0 Å². The van der Waals surface area contributed by atoms with Crippen LogP contribution in [-0.4, -0.2) is 62.0 Å². The first-order valence-corrected chi connectivity index (χ1v) is 13.6. The predicted octanol–water partition coefficient (Wildman–Crippen LogP) is 4.67. The highest BCUT2D eigenvalue weighted by Gasteiger charge is 2.41. The van der Waals surface area contributed by atoms with E-state index in [0.29, 0.717) is 26.2 Å². The van der Waals surface area contributed by atoms with E-state index in [4.69, 9.17) is 4.74 Å². The second-order valence-corrected chi connectivity index (χ2v) is 10.3. The summed E-state index contributed by atoms with van der Waals surface area (Å²) in [5.41, 5.74) is -0.00632. The Morgan fingerprint density at radius 3 is 2.65 bits per heavy atom. The summed E-state index contributed by atoms with van der Waals surface area (Å²) in [5, 5.41) is 18.6. The summed E-state index contributed by atoms with van der Waals surface area (Å²) in [5.74, 6) is 0.729. The Hall–Kier alpha value is -1.63. The molecule has 1 aliphatic heterocycles. The minimum atomic E-state index is -0.955. The number of nitrogens with zero attached hydrogens (tertiary/aromatic N) is 1. The Balaban J connectivity index is 1.64. The molecule has 34 heavy (non-hydrogen) atoms. The van der Waals surface area contributed by atoms with Crippen LogP contribution in [0.15, 0.2) is 30.3 Å². The van der Waals surface area contributed by atoms with Gasteiger partial charge in [0.15, 0.2) is 0 Å². The minimum absolute atomic E-state index is 0.0112. The number of aliphatic hydroxyl groups is 1. The normalized spacial score (nSPS) is 22.2. The largest absolute Gasteiger partial charge is 0.385 e. The van der Waals surface area contributed by atoms with Crippen LogP contribution >= 0.6 is 0 Å². The summed E-state index contributed by atoms with van der Waals surface area (Å²) in [6.07, 6.45) is 10.9. The van der Waals surface area contributed by atoms with Gasteiger partial charge in [-0.1, -0.05) is 62.4 Å². The highest BCUT2D eigenvalue weighted by molar-refractivity contribution is 5.74. The molecule has 0 radical (unpaired) electrons. The van der Waals surface area contributed by atoms with Crippen molar-refractivity contribution < 1.29 is 14.6 Å². The van der Waals surface area contributed by atoms with E-state index in [2.05, 4.69) is 10.6 Å². The van der Waals surface area contributed by atoms with Crippen molar-refractivity contribution in [1.82, 2.24) is 15.5 Å². The third-order valence-electron chi connectivity index (χ3n) is 7.83. The van der Waals surface area contributed by atoms with Gasteiger partial charge in [0, 0.05) is 44.8 Å². The fourth-order valence-corrected chi connectivity index (χ4v) is 5.98. The molecule has 1 saturated heterocycles. The molecule has 1 heterocycles. The molecule has 1 aromatic rings. The van der Waals surface area contributed by atoms with Gasteiger partial charge in [-0.15, -0.1) is 0 Å². The van der Waals surface area contributed by atoms with Gasteiger partial charge in [-0.25, -0.2) is 4.79 Å². The van der Waals surface area contributed by atoms with Gasteiger partial charge in [-0.3, -0.25) is 0 Å². The number of hydrogen-bond acceptors (Lipinski definition) is 4. The van der Waals surface area contributed by atoms with Crippen molar-refractivity contribution in [1.29, 1.82) is 0 Å². The Morgan fingerprint density at radius 2 is 1.94 bits per heavy atom. The summed E-state index contributed by atoms with van der Waals surface area (Å²) in [4.78, 5) is 15.3. The van der Waals surface area contributed by atoms with Crippen molar-refractivity contribution in [2.24, 2.45) is 11.8 Å². The number of urea groups is 1. The van der Waals surface area contributed by atoms with E-state index in [0.717, 1.165) is 50.3 Å². The van der Waals surface area contributed by atoms with Gasteiger partial charge in [-0.2, -0.15) is 0 Å². The third kappa shape index (κ3) is 7.69. The summed E-state index contributed by atoms with van der Waals surface area (Å²) in [7, 11) is 1.96. The average Bonchev–Trinajstić information content (AvgIpc) is 2.88. The molecule has 1 unspecified atom stereocenters. The molecule has 3 rings (SSSR count). The topological polar surface area (TPSA) is 73.8 Å². The van der Waals surface area contributed by atoms with E-state index in [-0.39, 0.29) is 18.0 Å². The van der Waals surface area contributed by atoms with Gasteiger partial charge in [0.1, 0.15) is 0 Å². The second-order valence-electron chi connectivity index (χ2n) is 10.3. The van der Waals surface area contributed by atoms with Gasteiger partial charge in [0.05, 0.1) is 5.60 Å². The SMILES string of the molecule is CCOCCC[C@](O)(c1ccccc1)[C@@H]1CCCN(C(=O)NC(CNC)CC2CCCCC2)C1. The first kappa shape index (κ1) is 27.0. The number of piperidine rings is 1. The van der Waals surface area contributed by atoms with E-state index in [1.54, 1.807) is 0 Å². The number of nitrogens with one attached hydrogen (secondary N) is 2. The summed E-state index contributed by atoms with van der Waals surface area (Å²) in [6, 6.07) is 10.2. The Labute approximate surface area is 206 Å². The lowest BCUT2D eigenvalue weighted by atomic mass is 9.74. The van der Waals surface area contributed by atoms with Crippen LogP contribution < -0.4 is 10.6 Å². The first-order valence-electron chi connectivity index (χ1n) is 13.6. The number of carbonyl (C=O) groups excluding carboxylic acids is 1. The number of ether oxygens (including phenoxy) is 1. The van der Waals surface area contributed by atoms with Crippen LogP contribution in [0.5, 0.6) is 0 Å². The number of carbonyl (C=O) groups is 1. The van der Waals surface area contributed by atoms with E-state index >= 15 is 0 Å². The van der Waals surface area contributed by atoms with Crippen molar-refractivity contribution in [3.05, 3.63) is 35.9 Å². The Morgan fingerprint density at radius 1 is 1.18 bits per heavy atom. The van der Waals surface area contributed by atoms with E-state index < -0.39 is 5.60 Å². The van der Waals surface area contributed by atoms with Crippen molar-refractivity contribution in [3.63, 3.8) is 0 Å². The van der Waals surface area contributed by atoms with Crippen molar-refractivity contribution in [2.75, 3.05) is 39.9 Å². The zero-order valence-corrected chi connectivity index (χ0v) is 21.4. The number of rotatable bonds is 12. The molecule has 2 fully saturated rings. The molecule has 0 aromatic heterocycles. The third-order valence-corrected chi connectivity index (χ3v) is 7.83. The lowest BCUT2D eigenvalue weighted by Crippen LogP contribution is -2.54. The van der Waals surface area contributed by atoms with E-state index in [1.165, 1.54) is 32.1 Å². The van der Waals surface area contributed by atoms with Gasteiger partial charge in [0.25, 0.3) is 0 Å². The number of benzene rings is 1. The summed E-state index contributed by atoms with van der Waals surface area (Å²) < 4.78 is 5.55. The maximum atomic E-state index is 13.3. The van der Waals surface area contributed by atoms with Crippen LogP contribution in [0, 0.1) is 11.8 Å². The summed E-state index contributed by atoms with van der Waals surface area (Å²) >= 11 is 0. The first-order chi connectivity index (χ1) is 16.6. The Kier molecular flexibility index (Phi) is 11.1. The highest BCUT2D eigenvalue weighted by Crippen LogP contribution is 2.39. The van der Waals surface area contributed by atoms with Crippen molar-refractivity contribution in [2.45, 2.75) is 82.8 Å². The zero-order valence-electron chi connectivity index (χ0n) is 21.4. The van der Waals surface area contributed by atoms with Gasteiger partial charge in [0.2, 0.25) is 0 Å². The van der Waals surface area contributed by atoms with Crippen molar-refractivity contribution >= 4 is 6.03 Å². The number of hydrogen-bond donors (Lipinski definition) is 3. The molecule has 1 aliphatic carbocycles. The summed E-state index contributed by atoms with van der Waals surface area (Å²) in [6.45, 7) is 5.47. The quantitative estimate of drug-likeness (QED) is 0.386. The number of amides is 2. The molecule has 0 bridgehead atoms. The monoisotopic (exact) mass is 473 g/mol. The standard InChI is InChI=1S/C28H47N3O3/c1-3-34-19-11-17-28(33,24-14-8-5-9-15-24)25-16-10-18-31(22-25)27(32)30-26(21-29-2)20-23-12-6-4-7-13-23/h5,8-9,14-15,23,25-26,29,33H,3-4,6-7,10-13,16-22H2,1-2H3,(H,30,32)/t25-,26?,28+/m1/s1. The molecular formula is C28H47N3O3. The maximum Gasteiger partial charge on any atom is 0.317 e. The molecule has 6 heteroatoms. The zero-order chi connectivity index (χ0) is 24.2. The Bertz CT molecular complexity index is 710. The lowest BCUT2D eigenvalue weighted by Gasteiger charge is -2.43. The molecule has 3 N–H and O–H groups in total. The molecule has 2 amide bonds. The molecule has 1 saturated carbocycles. The number of likely N-dealkylation sites (tertiary alicyclic amines) is 1. The van der Waals surface area contributed by atoms with Crippen molar-refractivity contribution in [3.8, 4) is 0 Å². The minimum Gasteiger partial charge on any atom is -0.385 e.